The first-order valence-electron chi connectivity index (χ1n) is 10.1. The van der Waals surface area contributed by atoms with E-state index in [1.807, 2.05) is 0 Å². The lowest BCUT2D eigenvalue weighted by molar-refractivity contribution is 0.599. The second kappa shape index (κ2) is 9.31. The monoisotopic (exact) mass is 504 g/mol. The molecule has 0 aliphatic rings. The molecule has 0 spiro atoms. The summed E-state index contributed by atoms with van der Waals surface area (Å²) in [5, 5.41) is 0. The highest BCUT2D eigenvalue weighted by atomic mass is 32.2. The van der Waals surface area contributed by atoms with Gasteiger partial charge in [0.05, 0.1) is 11.4 Å². The van der Waals surface area contributed by atoms with E-state index in [1.165, 1.54) is 36.4 Å². The Hall–Kier alpha value is -3.64. The van der Waals surface area contributed by atoms with Crippen molar-refractivity contribution >= 4 is 54.2 Å². The van der Waals surface area contributed by atoms with Gasteiger partial charge in [0, 0.05) is 50.9 Å². The fourth-order valence-electron chi connectivity index (χ4n) is 3.26. The number of rotatable bonds is 8. The molecule has 182 valence electrons. The second-order valence-corrected chi connectivity index (χ2v) is 11.3. The van der Waals surface area contributed by atoms with Crippen LogP contribution in [0.2, 0.25) is 0 Å². The van der Waals surface area contributed by atoms with E-state index in [-0.39, 0.29) is 21.2 Å². The zero-order chi connectivity index (χ0) is 25.3. The molecule has 10 nitrogen and oxygen atoms in total. The Morgan fingerprint density at radius 2 is 0.912 bits per heavy atom. The van der Waals surface area contributed by atoms with E-state index in [0.717, 1.165) is 0 Å². The first kappa shape index (κ1) is 25.0. The molecule has 0 amide bonds. The lowest BCUT2D eigenvalue weighted by atomic mass is 10.3. The summed E-state index contributed by atoms with van der Waals surface area (Å²) in [6.07, 6.45) is 0. The molecule has 0 heterocycles. The highest BCUT2D eigenvalue weighted by molar-refractivity contribution is 7.93. The van der Waals surface area contributed by atoms with Crippen molar-refractivity contribution in [3.05, 3.63) is 60.7 Å². The molecule has 34 heavy (non-hydrogen) atoms. The van der Waals surface area contributed by atoms with E-state index < -0.39 is 20.0 Å². The van der Waals surface area contributed by atoms with Gasteiger partial charge < -0.3 is 21.3 Å². The van der Waals surface area contributed by atoms with E-state index in [1.54, 1.807) is 62.3 Å². The normalized spacial score (nSPS) is 11.6. The van der Waals surface area contributed by atoms with Gasteiger partial charge in [-0.25, -0.2) is 16.8 Å². The van der Waals surface area contributed by atoms with Crippen LogP contribution in [0.4, 0.5) is 34.1 Å². The minimum atomic E-state index is -3.95. The smallest absolute Gasteiger partial charge is 0.264 e. The van der Waals surface area contributed by atoms with Crippen LogP contribution in [-0.4, -0.2) is 45.0 Å². The largest absolute Gasteiger partial charge is 0.399 e. The summed E-state index contributed by atoms with van der Waals surface area (Å²) < 4.78 is 57.0. The average Bonchev–Trinajstić information content (AvgIpc) is 2.74. The predicted octanol–water partition coefficient (Wildman–Crippen LogP) is 2.58. The maximum Gasteiger partial charge on any atom is 0.264 e. The first-order valence-corrected chi connectivity index (χ1v) is 13.1. The molecule has 0 aliphatic heterocycles. The number of nitrogens with one attached hydrogen (secondary N) is 2. The van der Waals surface area contributed by atoms with Crippen molar-refractivity contribution < 1.29 is 16.8 Å². The van der Waals surface area contributed by atoms with Crippen molar-refractivity contribution in [1.29, 1.82) is 0 Å². The second-order valence-electron chi connectivity index (χ2n) is 8.03. The van der Waals surface area contributed by atoms with Crippen LogP contribution < -0.4 is 30.7 Å². The Morgan fingerprint density at radius 3 is 1.21 bits per heavy atom. The van der Waals surface area contributed by atoms with Crippen molar-refractivity contribution in [3.8, 4) is 0 Å². The molecule has 0 unspecified atom stereocenters. The Bertz CT molecular complexity index is 1300. The number of nitrogen functional groups attached to an aromatic ring is 2. The third-order valence-electron chi connectivity index (χ3n) is 4.90. The Labute approximate surface area is 200 Å². The Balaban J connectivity index is 1.86. The van der Waals surface area contributed by atoms with Gasteiger partial charge in [-0.2, -0.15) is 0 Å². The molecule has 0 bridgehead atoms. The minimum Gasteiger partial charge on any atom is -0.399 e. The standard InChI is InChI=1S/C22H28N6O4S2/c1-27(2)19-11-5-15(23)13-21(19)33(29,30)25-17-7-9-18(10-8-17)26-34(31,32)22-14-16(24)6-12-20(22)28(3)4/h5-14,25-26H,23-24H2,1-4H3. The van der Waals surface area contributed by atoms with Crippen LogP contribution in [0.5, 0.6) is 0 Å². The molecule has 0 aromatic heterocycles. The van der Waals surface area contributed by atoms with Crippen molar-refractivity contribution in [2.75, 3.05) is 58.9 Å². The molecule has 6 N–H and O–H groups in total. The number of nitrogens with two attached hydrogens (primary N) is 2. The van der Waals surface area contributed by atoms with Gasteiger partial charge in [0.1, 0.15) is 9.79 Å². The van der Waals surface area contributed by atoms with Gasteiger partial charge in [-0.1, -0.05) is 0 Å². The zero-order valence-corrected chi connectivity index (χ0v) is 20.9. The van der Waals surface area contributed by atoms with E-state index in [0.29, 0.717) is 22.7 Å². The summed E-state index contributed by atoms with van der Waals surface area (Å²) in [6.45, 7) is 0. The highest BCUT2D eigenvalue weighted by Gasteiger charge is 2.22. The molecular weight excluding hydrogens is 476 g/mol. The average molecular weight is 505 g/mol. The summed E-state index contributed by atoms with van der Waals surface area (Å²) in [5.74, 6) is 0. The fourth-order valence-corrected chi connectivity index (χ4v) is 6.00. The van der Waals surface area contributed by atoms with Crippen molar-refractivity contribution in [2.24, 2.45) is 0 Å². The molecule has 0 aliphatic carbocycles. The van der Waals surface area contributed by atoms with Crippen LogP contribution in [0.3, 0.4) is 0 Å². The van der Waals surface area contributed by atoms with E-state index in [9.17, 15) is 16.8 Å². The lowest BCUT2D eigenvalue weighted by Crippen LogP contribution is -2.19. The number of hydrogen-bond donors (Lipinski definition) is 4. The third kappa shape index (κ3) is 5.46. The van der Waals surface area contributed by atoms with Gasteiger partial charge in [-0.05, 0) is 60.7 Å². The molecule has 0 radical (unpaired) electrons. The number of benzene rings is 3. The van der Waals surface area contributed by atoms with Crippen molar-refractivity contribution in [1.82, 2.24) is 0 Å². The summed E-state index contributed by atoms with van der Waals surface area (Å²) in [6, 6.07) is 15.1. The SMILES string of the molecule is CN(C)c1ccc(N)cc1S(=O)(=O)Nc1ccc(NS(=O)(=O)c2cc(N)ccc2N(C)C)cc1. The van der Waals surface area contributed by atoms with Gasteiger partial charge >= 0.3 is 0 Å². The number of hydrogen-bond acceptors (Lipinski definition) is 8. The number of sulfonamides is 2. The highest BCUT2D eigenvalue weighted by Crippen LogP contribution is 2.30. The molecule has 3 rings (SSSR count). The maximum absolute atomic E-state index is 13.0. The van der Waals surface area contributed by atoms with E-state index in [4.69, 9.17) is 11.5 Å². The van der Waals surface area contributed by atoms with Crippen LogP contribution in [0, 0.1) is 0 Å². The first-order chi connectivity index (χ1) is 15.8. The van der Waals surface area contributed by atoms with Crippen LogP contribution in [0.1, 0.15) is 0 Å². The van der Waals surface area contributed by atoms with Gasteiger partial charge in [-0.3, -0.25) is 9.44 Å². The zero-order valence-electron chi connectivity index (χ0n) is 19.3. The van der Waals surface area contributed by atoms with Crippen LogP contribution in [-0.2, 0) is 20.0 Å². The van der Waals surface area contributed by atoms with Crippen LogP contribution >= 0.6 is 0 Å². The van der Waals surface area contributed by atoms with E-state index >= 15 is 0 Å². The lowest BCUT2D eigenvalue weighted by Gasteiger charge is -2.19. The number of nitrogens with zero attached hydrogens (tertiary/aromatic N) is 2. The fraction of sp³-hybridized carbons (Fsp3) is 0.182. The van der Waals surface area contributed by atoms with Crippen molar-refractivity contribution in [3.63, 3.8) is 0 Å². The number of anilines is 6. The van der Waals surface area contributed by atoms with Gasteiger partial charge in [0.25, 0.3) is 20.0 Å². The molecule has 12 heteroatoms. The molecular formula is C22H28N6O4S2. The maximum atomic E-state index is 13.0. The molecule has 3 aromatic carbocycles. The van der Waals surface area contributed by atoms with Gasteiger partial charge in [-0.15, -0.1) is 0 Å². The Kier molecular flexibility index (Phi) is 6.84. The summed E-state index contributed by atoms with van der Waals surface area (Å²) >= 11 is 0. The molecule has 0 fully saturated rings. The molecule has 3 aromatic rings. The van der Waals surface area contributed by atoms with Crippen molar-refractivity contribution in [2.45, 2.75) is 9.79 Å². The van der Waals surface area contributed by atoms with Crippen LogP contribution in [0.15, 0.2) is 70.5 Å². The van der Waals surface area contributed by atoms with E-state index in [2.05, 4.69) is 9.44 Å². The van der Waals surface area contributed by atoms with Crippen LogP contribution in [0.25, 0.3) is 0 Å². The topological polar surface area (TPSA) is 151 Å². The summed E-state index contributed by atoms with van der Waals surface area (Å²) in [5.41, 5.74) is 13.7. The van der Waals surface area contributed by atoms with Gasteiger partial charge in [0.15, 0.2) is 0 Å². The third-order valence-corrected chi connectivity index (χ3v) is 7.72. The Morgan fingerprint density at radius 1 is 0.588 bits per heavy atom. The quantitative estimate of drug-likeness (QED) is 0.342. The molecule has 0 saturated heterocycles. The van der Waals surface area contributed by atoms with Gasteiger partial charge in [0.2, 0.25) is 0 Å². The predicted molar refractivity (Wildman–Crippen MR) is 138 cm³/mol. The summed E-state index contributed by atoms with van der Waals surface area (Å²) in [4.78, 5) is 3.40. The minimum absolute atomic E-state index is 0.0279. The molecule has 0 saturated carbocycles. The summed E-state index contributed by atoms with van der Waals surface area (Å²) in [7, 11) is -0.986. The molecule has 0 atom stereocenters.